The first-order valence-corrected chi connectivity index (χ1v) is 9.81. The SMILES string of the molecule is CCc1ccc(-c2cc(NC(=O)c3cccc(NC(=O)c4cccnc4)c3)on2)cc1. The molecule has 31 heavy (non-hydrogen) atoms. The summed E-state index contributed by atoms with van der Waals surface area (Å²) in [7, 11) is 0. The molecule has 4 aromatic rings. The Morgan fingerprint density at radius 3 is 2.42 bits per heavy atom. The van der Waals surface area contributed by atoms with Crippen LogP contribution in [0, 0.1) is 0 Å². The summed E-state index contributed by atoms with van der Waals surface area (Å²) in [5.74, 6) is -0.439. The number of carbonyl (C=O) groups is 2. The second-order valence-corrected chi connectivity index (χ2v) is 6.86. The number of nitrogens with one attached hydrogen (secondary N) is 2. The van der Waals surface area contributed by atoms with Crippen LogP contribution in [-0.4, -0.2) is 22.0 Å². The Kier molecular flexibility index (Phi) is 5.84. The molecule has 0 saturated heterocycles. The third-order valence-corrected chi connectivity index (χ3v) is 4.71. The molecule has 0 aliphatic rings. The van der Waals surface area contributed by atoms with E-state index in [1.54, 1.807) is 48.7 Å². The van der Waals surface area contributed by atoms with Gasteiger partial charge in [0.1, 0.15) is 5.69 Å². The number of hydrogen-bond donors (Lipinski definition) is 2. The molecule has 0 atom stereocenters. The molecule has 2 amide bonds. The standard InChI is InChI=1S/C24H20N4O3/c1-2-16-8-10-17(11-9-16)21-14-22(31-28-21)27-23(29)18-5-3-7-20(13-18)26-24(30)19-6-4-12-25-15-19/h3-15H,2H2,1H3,(H,26,30)(H,27,29). The van der Waals surface area contributed by atoms with Crippen LogP contribution in [0.1, 0.15) is 33.2 Å². The van der Waals surface area contributed by atoms with Gasteiger partial charge in [0.25, 0.3) is 11.8 Å². The smallest absolute Gasteiger partial charge is 0.258 e. The fourth-order valence-corrected chi connectivity index (χ4v) is 3.00. The number of carbonyl (C=O) groups excluding carboxylic acids is 2. The first kappa shape index (κ1) is 20.0. The number of hydrogen-bond acceptors (Lipinski definition) is 5. The van der Waals surface area contributed by atoms with Gasteiger partial charge in [-0.1, -0.05) is 42.4 Å². The van der Waals surface area contributed by atoms with E-state index in [2.05, 4.69) is 27.7 Å². The van der Waals surface area contributed by atoms with Gasteiger partial charge in [-0.05, 0) is 42.3 Å². The summed E-state index contributed by atoms with van der Waals surface area (Å²) in [6, 6.07) is 19.7. The highest BCUT2D eigenvalue weighted by atomic mass is 16.5. The van der Waals surface area contributed by atoms with Gasteiger partial charge >= 0.3 is 0 Å². The van der Waals surface area contributed by atoms with E-state index in [1.807, 2.05) is 24.3 Å². The Bertz CT molecular complexity index is 1200. The Hall–Kier alpha value is -4.26. The van der Waals surface area contributed by atoms with Crippen LogP contribution >= 0.6 is 0 Å². The predicted octanol–water partition coefficient (Wildman–Crippen LogP) is 4.80. The average molecular weight is 412 g/mol. The lowest BCUT2D eigenvalue weighted by Crippen LogP contribution is -2.14. The third kappa shape index (κ3) is 4.84. The molecule has 0 unspecified atom stereocenters. The van der Waals surface area contributed by atoms with E-state index in [4.69, 9.17) is 4.52 Å². The predicted molar refractivity (Wildman–Crippen MR) is 118 cm³/mol. The molecular weight excluding hydrogens is 392 g/mol. The van der Waals surface area contributed by atoms with Crippen LogP contribution in [0.5, 0.6) is 0 Å². The third-order valence-electron chi connectivity index (χ3n) is 4.71. The molecule has 0 spiro atoms. The molecule has 0 radical (unpaired) electrons. The molecule has 7 nitrogen and oxygen atoms in total. The Balaban J connectivity index is 1.44. The van der Waals surface area contributed by atoms with Crippen molar-refractivity contribution in [1.29, 1.82) is 0 Å². The van der Waals surface area contributed by atoms with Crippen LogP contribution in [0.25, 0.3) is 11.3 Å². The van der Waals surface area contributed by atoms with Crippen molar-refractivity contribution in [2.24, 2.45) is 0 Å². The highest BCUT2D eigenvalue weighted by Crippen LogP contribution is 2.23. The van der Waals surface area contributed by atoms with Crippen molar-refractivity contribution in [3.8, 4) is 11.3 Å². The summed E-state index contributed by atoms with van der Waals surface area (Å²) in [5.41, 5.74) is 4.07. The van der Waals surface area contributed by atoms with Gasteiger partial charge in [0, 0.05) is 35.3 Å². The normalized spacial score (nSPS) is 10.5. The zero-order chi connectivity index (χ0) is 21.6. The van der Waals surface area contributed by atoms with Gasteiger partial charge in [0.05, 0.1) is 5.56 Å². The second-order valence-electron chi connectivity index (χ2n) is 6.86. The molecule has 0 bridgehead atoms. The van der Waals surface area contributed by atoms with Gasteiger partial charge in [0.15, 0.2) is 0 Å². The molecule has 7 heteroatoms. The lowest BCUT2D eigenvalue weighted by Gasteiger charge is -2.07. The number of pyridine rings is 1. The van der Waals surface area contributed by atoms with Gasteiger partial charge < -0.3 is 9.84 Å². The number of amides is 2. The maximum absolute atomic E-state index is 12.6. The van der Waals surface area contributed by atoms with E-state index in [1.165, 1.54) is 11.8 Å². The summed E-state index contributed by atoms with van der Waals surface area (Å²) in [6.07, 6.45) is 4.03. The summed E-state index contributed by atoms with van der Waals surface area (Å²) in [5, 5.41) is 9.48. The van der Waals surface area contributed by atoms with E-state index in [9.17, 15) is 9.59 Å². The van der Waals surface area contributed by atoms with Crippen molar-refractivity contribution >= 4 is 23.4 Å². The number of rotatable bonds is 6. The van der Waals surface area contributed by atoms with E-state index >= 15 is 0 Å². The quantitative estimate of drug-likeness (QED) is 0.474. The molecule has 154 valence electrons. The van der Waals surface area contributed by atoms with Crippen LogP contribution in [0.15, 0.2) is 83.6 Å². The average Bonchev–Trinajstić information content (AvgIpc) is 3.28. The molecule has 2 N–H and O–H groups in total. The van der Waals surface area contributed by atoms with Crippen LogP contribution in [0.4, 0.5) is 11.6 Å². The number of anilines is 2. The van der Waals surface area contributed by atoms with Crippen LogP contribution in [-0.2, 0) is 6.42 Å². The lowest BCUT2D eigenvalue weighted by atomic mass is 10.1. The zero-order valence-corrected chi connectivity index (χ0v) is 16.8. The van der Waals surface area contributed by atoms with E-state index in [-0.39, 0.29) is 17.7 Å². The number of nitrogens with zero attached hydrogens (tertiary/aromatic N) is 2. The minimum absolute atomic E-state index is 0.240. The second kappa shape index (κ2) is 9.04. The van der Waals surface area contributed by atoms with Crippen LogP contribution < -0.4 is 10.6 Å². The highest BCUT2D eigenvalue weighted by molar-refractivity contribution is 6.07. The first-order chi connectivity index (χ1) is 15.1. The summed E-state index contributed by atoms with van der Waals surface area (Å²) < 4.78 is 5.26. The minimum Gasteiger partial charge on any atom is -0.338 e. The summed E-state index contributed by atoms with van der Waals surface area (Å²) in [4.78, 5) is 28.8. The number of benzene rings is 2. The van der Waals surface area contributed by atoms with Gasteiger partial charge in [-0.2, -0.15) is 0 Å². The van der Waals surface area contributed by atoms with Crippen molar-refractivity contribution in [3.63, 3.8) is 0 Å². The van der Waals surface area contributed by atoms with E-state index < -0.39 is 0 Å². The molecular formula is C24H20N4O3. The lowest BCUT2D eigenvalue weighted by molar-refractivity contribution is 0.101. The van der Waals surface area contributed by atoms with Gasteiger partial charge in [-0.3, -0.25) is 19.9 Å². The number of aryl methyl sites for hydroxylation is 1. The maximum atomic E-state index is 12.6. The minimum atomic E-state index is -0.374. The summed E-state index contributed by atoms with van der Waals surface area (Å²) in [6.45, 7) is 2.10. The zero-order valence-electron chi connectivity index (χ0n) is 16.8. The maximum Gasteiger partial charge on any atom is 0.258 e. The van der Waals surface area contributed by atoms with E-state index in [0.717, 1.165) is 12.0 Å². The van der Waals surface area contributed by atoms with E-state index in [0.29, 0.717) is 22.5 Å². The molecule has 0 fully saturated rings. The van der Waals surface area contributed by atoms with Crippen molar-refractivity contribution in [2.45, 2.75) is 13.3 Å². The molecule has 2 aromatic carbocycles. The van der Waals surface area contributed by atoms with Crippen molar-refractivity contribution in [3.05, 3.63) is 95.8 Å². The fourth-order valence-electron chi connectivity index (χ4n) is 3.00. The fraction of sp³-hybridized carbons (Fsp3) is 0.0833. The molecule has 2 heterocycles. The van der Waals surface area contributed by atoms with Crippen molar-refractivity contribution < 1.29 is 14.1 Å². The Labute approximate surface area is 179 Å². The summed E-state index contributed by atoms with van der Waals surface area (Å²) >= 11 is 0. The highest BCUT2D eigenvalue weighted by Gasteiger charge is 2.13. The van der Waals surface area contributed by atoms with Crippen LogP contribution in [0.3, 0.4) is 0 Å². The number of aromatic nitrogens is 2. The largest absolute Gasteiger partial charge is 0.338 e. The van der Waals surface area contributed by atoms with Crippen LogP contribution in [0.2, 0.25) is 0 Å². The molecule has 0 saturated carbocycles. The first-order valence-electron chi connectivity index (χ1n) is 9.81. The topological polar surface area (TPSA) is 97.1 Å². The molecule has 0 aliphatic heterocycles. The van der Waals surface area contributed by atoms with Gasteiger partial charge in [0.2, 0.25) is 5.88 Å². The molecule has 2 aromatic heterocycles. The van der Waals surface area contributed by atoms with Gasteiger partial charge in [-0.25, -0.2) is 0 Å². The van der Waals surface area contributed by atoms with Gasteiger partial charge in [-0.15, -0.1) is 0 Å². The molecule has 4 rings (SSSR count). The molecule has 0 aliphatic carbocycles. The van der Waals surface area contributed by atoms with Crippen molar-refractivity contribution in [1.82, 2.24) is 10.1 Å². The van der Waals surface area contributed by atoms with Crippen molar-refractivity contribution in [2.75, 3.05) is 10.6 Å². The Morgan fingerprint density at radius 1 is 0.903 bits per heavy atom. The monoisotopic (exact) mass is 412 g/mol. The Morgan fingerprint density at radius 2 is 1.68 bits per heavy atom.